The molecule has 2 aliphatic rings. The lowest BCUT2D eigenvalue weighted by Gasteiger charge is -2.19. The van der Waals surface area contributed by atoms with Crippen LogP contribution in [0.3, 0.4) is 0 Å². The number of hydrogen-bond donors (Lipinski definition) is 1. The van der Waals surface area contributed by atoms with Gasteiger partial charge in [-0.2, -0.15) is 0 Å². The summed E-state index contributed by atoms with van der Waals surface area (Å²) in [5.74, 6) is 1.32. The van der Waals surface area contributed by atoms with Gasteiger partial charge in [0.05, 0.1) is 18.0 Å². The molecule has 0 bridgehead atoms. The predicted octanol–water partition coefficient (Wildman–Crippen LogP) is 7.91. The second-order valence-corrected chi connectivity index (χ2v) is 12.5. The van der Waals surface area contributed by atoms with Gasteiger partial charge in [-0.3, -0.25) is 14.2 Å². The van der Waals surface area contributed by atoms with Crippen molar-refractivity contribution < 1.29 is 14.3 Å². The van der Waals surface area contributed by atoms with Crippen LogP contribution >= 0.6 is 0 Å². The van der Waals surface area contributed by atoms with E-state index in [9.17, 15) is 9.59 Å². The van der Waals surface area contributed by atoms with Crippen LogP contribution in [0.15, 0.2) is 95.9 Å². The molecule has 2 heterocycles. The Morgan fingerprint density at radius 3 is 2.27 bits per heavy atom. The minimum atomic E-state index is -0.423. The van der Waals surface area contributed by atoms with E-state index in [2.05, 4.69) is 17.1 Å². The van der Waals surface area contributed by atoms with Gasteiger partial charge in [0.1, 0.15) is 17.0 Å². The van der Waals surface area contributed by atoms with Crippen LogP contribution in [-0.4, -0.2) is 32.7 Å². The first-order valence-corrected chi connectivity index (χ1v) is 15.9. The summed E-state index contributed by atoms with van der Waals surface area (Å²) in [7, 11) is 0. The number of aromatic nitrogens is 3. The van der Waals surface area contributed by atoms with Crippen molar-refractivity contribution in [1.82, 2.24) is 14.5 Å². The molecule has 7 heteroatoms. The highest BCUT2D eigenvalue weighted by Crippen LogP contribution is 2.24. The maximum atomic E-state index is 13.7. The highest BCUT2D eigenvalue weighted by atomic mass is 16.6. The van der Waals surface area contributed by atoms with E-state index in [-0.39, 0.29) is 11.5 Å². The van der Waals surface area contributed by atoms with Gasteiger partial charge < -0.3 is 14.5 Å². The van der Waals surface area contributed by atoms with Gasteiger partial charge in [0.2, 0.25) is 0 Å². The number of nitrogens with zero attached hydrogens (tertiary/aromatic N) is 2. The van der Waals surface area contributed by atoms with Crippen LogP contribution in [0.4, 0.5) is 0 Å². The van der Waals surface area contributed by atoms with E-state index in [1.54, 1.807) is 4.57 Å². The number of rotatable bonds is 14. The Morgan fingerprint density at radius 1 is 0.822 bits per heavy atom. The van der Waals surface area contributed by atoms with E-state index in [1.807, 2.05) is 99.8 Å². The summed E-state index contributed by atoms with van der Waals surface area (Å²) in [6.45, 7) is 6.30. The van der Waals surface area contributed by atoms with Crippen molar-refractivity contribution in [1.29, 1.82) is 0 Å². The lowest BCUT2D eigenvalue weighted by Crippen LogP contribution is -2.23. The number of esters is 1. The number of nitrogens with one attached hydrogen (secondary N) is 1. The third-order valence-electron chi connectivity index (χ3n) is 7.54. The molecule has 0 saturated carbocycles. The number of carbonyl (C=O) groups excluding carboxylic acids is 1. The lowest BCUT2D eigenvalue weighted by atomic mass is 10.1. The fourth-order valence-electron chi connectivity index (χ4n) is 5.40. The van der Waals surface area contributed by atoms with E-state index < -0.39 is 5.60 Å². The topological polar surface area (TPSA) is 86.2 Å². The summed E-state index contributed by atoms with van der Waals surface area (Å²) in [6, 6.07) is 28.2. The predicted molar refractivity (Wildman–Crippen MR) is 178 cm³/mol. The van der Waals surface area contributed by atoms with Crippen LogP contribution in [0.5, 0.6) is 5.75 Å². The molecular formula is C38H43N3O4. The Bertz CT molecular complexity index is 1700. The fraction of sp³-hybridized carbons (Fsp3) is 0.342. The molecule has 0 aliphatic carbocycles. The van der Waals surface area contributed by atoms with Crippen LogP contribution < -0.4 is 10.3 Å². The summed E-state index contributed by atoms with van der Waals surface area (Å²) in [4.78, 5) is 33.9. The number of ether oxygens (including phenoxy) is 2. The van der Waals surface area contributed by atoms with Crippen LogP contribution in [0.2, 0.25) is 0 Å². The van der Waals surface area contributed by atoms with Crippen LogP contribution in [0, 0.1) is 0 Å². The molecule has 0 saturated heterocycles. The summed E-state index contributed by atoms with van der Waals surface area (Å²) in [5.41, 5.74) is 4.87. The molecule has 0 fully saturated rings. The summed E-state index contributed by atoms with van der Waals surface area (Å²) >= 11 is 0. The minimum absolute atomic E-state index is 0.108. The Labute approximate surface area is 265 Å². The molecule has 0 unspecified atom stereocenters. The van der Waals surface area contributed by atoms with Gasteiger partial charge in [-0.1, -0.05) is 92.1 Å². The number of unbranched alkanes of at least 4 members (excludes halogenated alkanes) is 4. The molecule has 2 aliphatic heterocycles. The van der Waals surface area contributed by atoms with Gasteiger partial charge in [-0.05, 0) is 62.4 Å². The lowest BCUT2D eigenvalue weighted by molar-refractivity contribution is -0.154. The number of fused-ring (bicyclic) bond motifs is 1. The van der Waals surface area contributed by atoms with Crippen molar-refractivity contribution in [2.24, 2.45) is 0 Å². The standard InChI is InChI=1S/C38H43N3O4/c1-38(2,3)45-35(42)22-13-5-4-6-14-23-44-31-21-15-18-29(24-31)26-33-37(43)41-27-34(30-19-11-8-12-20-30)39-32(36(41)40-33)25-28-16-9-7-10-17-28/h7-12,15-21,24,27,39H,4-6,13-14,22-23,25-26H2,1-3H3. The van der Waals surface area contributed by atoms with Gasteiger partial charge in [0.25, 0.3) is 5.56 Å². The maximum Gasteiger partial charge on any atom is 0.306 e. The molecule has 5 rings (SSSR count). The average Bonchev–Trinajstić information content (AvgIpc) is 3.33. The molecule has 0 radical (unpaired) electrons. The molecule has 0 atom stereocenters. The molecule has 3 aromatic carbocycles. The van der Waals surface area contributed by atoms with Gasteiger partial charge in [-0.25, -0.2) is 4.98 Å². The number of benzene rings is 3. The average molecular weight is 606 g/mol. The zero-order chi connectivity index (χ0) is 31.6. The zero-order valence-corrected chi connectivity index (χ0v) is 26.6. The van der Waals surface area contributed by atoms with Crippen molar-refractivity contribution >= 4 is 5.97 Å². The molecule has 0 aromatic heterocycles. The molecule has 1 N–H and O–H groups in total. The summed E-state index contributed by atoms with van der Waals surface area (Å²) < 4.78 is 13.1. The third-order valence-corrected chi connectivity index (χ3v) is 7.54. The SMILES string of the molecule is CC(C)(C)OC(=O)CCCCCCCOc1cccc(Cc2nc3c(Cc4ccccc4)[nH]c(-c4ccccc4)cn-3c2=O)c1. The molecule has 234 valence electrons. The van der Waals surface area contributed by atoms with Gasteiger partial charge >= 0.3 is 5.97 Å². The number of H-pyrrole nitrogens is 1. The number of carbonyl (C=O) groups is 1. The van der Waals surface area contributed by atoms with E-state index in [0.717, 1.165) is 65.9 Å². The van der Waals surface area contributed by atoms with Crippen LogP contribution in [0.1, 0.15) is 81.8 Å². The quantitative estimate of drug-likeness (QED) is 0.103. The molecule has 7 nitrogen and oxygen atoms in total. The highest BCUT2D eigenvalue weighted by molar-refractivity contribution is 5.69. The Morgan fingerprint density at radius 2 is 1.51 bits per heavy atom. The van der Waals surface area contributed by atoms with Crippen LogP contribution in [0.25, 0.3) is 17.1 Å². The van der Waals surface area contributed by atoms with E-state index in [0.29, 0.717) is 37.4 Å². The number of aromatic amines is 1. The van der Waals surface area contributed by atoms with E-state index >= 15 is 0 Å². The molecular weight excluding hydrogens is 562 g/mol. The zero-order valence-electron chi connectivity index (χ0n) is 26.6. The number of hydrogen-bond acceptors (Lipinski definition) is 5. The van der Waals surface area contributed by atoms with Crippen LogP contribution in [-0.2, 0) is 22.4 Å². The maximum absolute atomic E-state index is 13.7. The van der Waals surface area contributed by atoms with Crippen molar-refractivity contribution in [2.45, 2.75) is 77.7 Å². The van der Waals surface area contributed by atoms with Crippen molar-refractivity contribution in [3.05, 3.63) is 124 Å². The third kappa shape index (κ3) is 9.17. The second kappa shape index (κ2) is 14.9. The van der Waals surface area contributed by atoms with Crippen molar-refractivity contribution in [2.75, 3.05) is 6.61 Å². The molecule has 45 heavy (non-hydrogen) atoms. The molecule has 0 spiro atoms. The van der Waals surface area contributed by atoms with Crippen molar-refractivity contribution in [3.8, 4) is 22.8 Å². The van der Waals surface area contributed by atoms with Crippen molar-refractivity contribution in [3.63, 3.8) is 0 Å². The van der Waals surface area contributed by atoms with Gasteiger partial charge in [0, 0.05) is 25.5 Å². The Hall–Kier alpha value is -4.65. The first-order valence-electron chi connectivity index (χ1n) is 15.9. The second-order valence-electron chi connectivity index (χ2n) is 12.5. The largest absolute Gasteiger partial charge is 0.494 e. The van der Waals surface area contributed by atoms with E-state index in [4.69, 9.17) is 14.5 Å². The Balaban J connectivity index is 1.21. The fourth-order valence-corrected chi connectivity index (χ4v) is 5.40. The van der Waals surface area contributed by atoms with Gasteiger partial charge in [-0.15, -0.1) is 0 Å². The first kappa shape index (κ1) is 31.8. The monoisotopic (exact) mass is 605 g/mol. The number of imidazole rings is 1. The first-order chi connectivity index (χ1) is 21.7. The highest BCUT2D eigenvalue weighted by Gasteiger charge is 2.21. The Kier molecular flexibility index (Phi) is 10.5. The summed E-state index contributed by atoms with van der Waals surface area (Å²) in [6.07, 6.45) is 8.27. The van der Waals surface area contributed by atoms with Gasteiger partial charge in [0.15, 0.2) is 5.82 Å². The van der Waals surface area contributed by atoms with E-state index in [1.165, 1.54) is 0 Å². The summed E-state index contributed by atoms with van der Waals surface area (Å²) in [5, 5.41) is 0. The smallest absolute Gasteiger partial charge is 0.306 e. The molecule has 3 aromatic rings. The normalized spacial score (nSPS) is 11.5. The minimum Gasteiger partial charge on any atom is -0.494 e. The molecule has 0 amide bonds.